The van der Waals surface area contributed by atoms with Crippen LogP contribution < -0.4 is 0 Å². The van der Waals surface area contributed by atoms with Gasteiger partial charge in [-0.1, -0.05) is 49.4 Å². The largest absolute Gasteiger partial charge is 0.394 e. The lowest BCUT2D eigenvalue weighted by molar-refractivity contribution is -0.297. The topological polar surface area (TPSA) is 99.4 Å². The van der Waals surface area contributed by atoms with Crippen molar-refractivity contribution in [3.8, 4) is 0 Å². The summed E-state index contributed by atoms with van der Waals surface area (Å²) in [6, 6.07) is 14.4. The van der Waals surface area contributed by atoms with E-state index in [9.17, 15) is 20.4 Å². The second-order valence-corrected chi connectivity index (χ2v) is 7.99. The first-order valence-electron chi connectivity index (χ1n) is 10.1. The van der Waals surface area contributed by atoms with Gasteiger partial charge in [0.2, 0.25) is 0 Å². The van der Waals surface area contributed by atoms with Gasteiger partial charge in [-0.15, -0.1) is 0 Å². The van der Waals surface area contributed by atoms with Crippen LogP contribution in [0.15, 0.2) is 42.5 Å². The van der Waals surface area contributed by atoms with Gasteiger partial charge in [-0.2, -0.15) is 0 Å². The minimum atomic E-state index is -1.44. The van der Waals surface area contributed by atoms with E-state index in [2.05, 4.69) is 31.2 Å². The summed E-state index contributed by atoms with van der Waals surface area (Å²) in [7, 11) is 0. The summed E-state index contributed by atoms with van der Waals surface area (Å²) in [4.78, 5) is 0. The summed E-state index contributed by atoms with van der Waals surface area (Å²) in [5, 5.41) is 41.0. The minimum Gasteiger partial charge on any atom is -0.394 e. The van der Waals surface area contributed by atoms with Gasteiger partial charge in [0, 0.05) is 0 Å². The first kappa shape index (κ1) is 20.5. The molecule has 4 N–H and O–H groups in total. The zero-order valence-corrected chi connectivity index (χ0v) is 16.5. The molecule has 0 aliphatic carbocycles. The first-order valence-corrected chi connectivity index (χ1v) is 10.1. The summed E-state index contributed by atoms with van der Waals surface area (Å²) in [6.07, 6.45) is -3.48. The van der Waals surface area contributed by atoms with E-state index >= 15 is 0 Å². The van der Waals surface area contributed by atoms with Gasteiger partial charge in [-0.3, -0.25) is 0 Å². The average molecular weight is 400 g/mol. The molecule has 1 spiro atoms. The predicted molar refractivity (Wildman–Crippen MR) is 106 cm³/mol. The molecular weight excluding hydrogens is 372 g/mol. The molecule has 4 rings (SSSR count). The highest BCUT2D eigenvalue weighted by Crippen LogP contribution is 2.43. The van der Waals surface area contributed by atoms with Crippen LogP contribution in [0.25, 0.3) is 0 Å². The maximum atomic E-state index is 10.8. The molecular formula is C23H28O6. The predicted octanol–water partition coefficient (Wildman–Crippen LogP) is 1.04. The molecule has 5 atom stereocenters. The van der Waals surface area contributed by atoms with Gasteiger partial charge in [0.05, 0.1) is 19.8 Å². The van der Waals surface area contributed by atoms with E-state index in [1.165, 1.54) is 11.1 Å². The Morgan fingerprint density at radius 1 is 0.966 bits per heavy atom. The van der Waals surface area contributed by atoms with Gasteiger partial charge in [-0.05, 0) is 40.7 Å². The van der Waals surface area contributed by atoms with Crippen LogP contribution in [0.5, 0.6) is 0 Å². The molecule has 0 unspecified atom stereocenters. The van der Waals surface area contributed by atoms with Gasteiger partial charge in [0.1, 0.15) is 30.0 Å². The molecule has 0 aromatic heterocycles. The second-order valence-electron chi connectivity index (χ2n) is 7.99. The lowest BCUT2D eigenvalue weighted by Gasteiger charge is -2.50. The molecule has 2 heterocycles. The van der Waals surface area contributed by atoms with Crippen molar-refractivity contribution >= 4 is 0 Å². The quantitative estimate of drug-likeness (QED) is 0.612. The lowest BCUT2D eigenvalue weighted by Crippen LogP contribution is -2.65. The summed E-state index contributed by atoms with van der Waals surface area (Å²) in [5.74, 6) is 0. The number of rotatable bonds is 4. The van der Waals surface area contributed by atoms with Gasteiger partial charge < -0.3 is 29.9 Å². The van der Waals surface area contributed by atoms with Crippen molar-refractivity contribution in [2.45, 2.75) is 56.4 Å². The SMILES string of the molecule is CCc1ccc(Cc2ccc3c(c2)[C@]2(COC3)O[C@H](CO)[C@@H](O)[C@H](O)[C@H]2O)cc1. The van der Waals surface area contributed by atoms with Crippen LogP contribution in [0.2, 0.25) is 0 Å². The van der Waals surface area contributed by atoms with Gasteiger partial charge in [-0.25, -0.2) is 0 Å². The monoisotopic (exact) mass is 400 g/mol. The summed E-state index contributed by atoms with van der Waals surface area (Å²) in [6.45, 7) is 2.07. The Morgan fingerprint density at radius 3 is 2.34 bits per heavy atom. The van der Waals surface area contributed by atoms with Crippen molar-refractivity contribution in [1.29, 1.82) is 0 Å². The van der Waals surface area contributed by atoms with E-state index in [1.54, 1.807) is 0 Å². The van der Waals surface area contributed by atoms with Crippen LogP contribution in [-0.2, 0) is 34.5 Å². The minimum absolute atomic E-state index is 0.0378. The molecule has 1 fully saturated rings. The van der Waals surface area contributed by atoms with Crippen molar-refractivity contribution in [3.63, 3.8) is 0 Å². The van der Waals surface area contributed by atoms with Crippen LogP contribution in [0.4, 0.5) is 0 Å². The van der Waals surface area contributed by atoms with Crippen molar-refractivity contribution < 1.29 is 29.9 Å². The molecule has 1 saturated heterocycles. The van der Waals surface area contributed by atoms with Crippen molar-refractivity contribution in [1.82, 2.24) is 0 Å². The number of ether oxygens (including phenoxy) is 2. The van der Waals surface area contributed by atoms with Gasteiger partial charge in [0.25, 0.3) is 0 Å². The third kappa shape index (κ3) is 3.61. The smallest absolute Gasteiger partial charge is 0.146 e. The van der Waals surface area contributed by atoms with E-state index in [0.29, 0.717) is 6.61 Å². The van der Waals surface area contributed by atoms with E-state index in [1.807, 2.05) is 18.2 Å². The Morgan fingerprint density at radius 2 is 1.66 bits per heavy atom. The summed E-state index contributed by atoms with van der Waals surface area (Å²) < 4.78 is 11.6. The number of benzene rings is 2. The standard InChI is InChI=1S/C23H28O6/c1-2-14-3-5-15(6-4-14)9-16-7-8-17-12-28-13-23(18(17)10-16)22(27)21(26)20(25)19(11-24)29-23/h3-8,10,19-22,24-27H,2,9,11-13H2,1H3/t19-,20-,21+,22-,23+/m1/s1. The van der Waals surface area contributed by atoms with E-state index in [0.717, 1.165) is 29.5 Å². The molecule has 2 aliphatic heterocycles. The fourth-order valence-corrected chi connectivity index (χ4v) is 4.35. The van der Waals surface area contributed by atoms with Crippen LogP contribution in [-0.4, -0.2) is 58.1 Å². The Bertz CT molecular complexity index is 849. The second kappa shape index (κ2) is 8.14. The van der Waals surface area contributed by atoms with Crippen LogP contribution in [0, 0.1) is 0 Å². The zero-order valence-electron chi connectivity index (χ0n) is 16.5. The van der Waals surface area contributed by atoms with Crippen LogP contribution in [0.1, 0.15) is 34.7 Å². The van der Waals surface area contributed by atoms with E-state index in [-0.39, 0.29) is 6.61 Å². The number of fused-ring (bicyclic) bond motifs is 2. The average Bonchev–Trinajstić information content (AvgIpc) is 2.76. The molecule has 0 bridgehead atoms. The molecule has 2 aromatic rings. The highest BCUT2D eigenvalue weighted by molar-refractivity contribution is 5.41. The Hall–Kier alpha value is -1.80. The highest BCUT2D eigenvalue weighted by atomic mass is 16.6. The lowest BCUT2D eigenvalue weighted by atomic mass is 9.76. The number of aliphatic hydroxyl groups is 4. The van der Waals surface area contributed by atoms with Crippen LogP contribution in [0.3, 0.4) is 0 Å². The van der Waals surface area contributed by atoms with Gasteiger partial charge in [0.15, 0.2) is 0 Å². The van der Waals surface area contributed by atoms with E-state index < -0.39 is 36.6 Å². The number of aryl methyl sites for hydroxylation is 1. The number of hydrogen-bond donors (Lipinski definition) is 4. The third-order valence-electron chi connectivity index (χ3n) is 6.12. The maximum Gasteiger partial charge on any atom is 0.146 e. The number of hydrogen-bond acceptors (Lipinski definition) is 6. The first-order chi connectivity index (χ1) is 14.0. The molecule has 29 heavy (non-hydrogen) atoms. The number of aliphatic hydroxyl groups excluding tert-OH is 4. The Labute approximate surface area is 170 Å². The molecule has 2 aromatic carbocycles. The fraction of sp³-hybridized carbons (Fsp3) is 0.478. The Kier molecular flexibility index (Phi) is 5.75. The summed E-state index contributed by atoms with van der Waals surface area (Å²) in [5.41, 5.74) is 3.78. The molecule has 0 radical (unpaired) electrons. The van der Waals surface area contributed by atoms with Crippen molar-refractivity contribution in [3.05, 3.63) is 70.3 Å². The molecule has 156 valence electrons. The van der Waals surface area contributed by atoms with Crippen molar-refractivity contribution in [2.24, 2.45) is 0 Å². The third-order valence-corrected chi connectivity index (χ3v) is 6.12. The van der Waals surface area contributed by atoms with Crippen LogP contribution >= 0.6 is 0 Å². The molecule has 0 amide bonds. The van der Waals surface area contributed by atoms with Crippen molar-refractivity contribution in [2.75, 3.05) is 13.2 Å². The van der Waals surface area contributed by atoms with Gasteiger partial charge >= 0.3 is 0 Å². The molecule has 0 saturated carbocycles. The normalized spacial score (nSPS) is 31.6. The Balaban J connectivity index is 1.69. The molecule has 2 aliphatic rings. The highest BCUT2D eigenvalue weighted by Gasteiger charge is 2.56. The zero-order chi connectivity index (χ0) is 20.6. The molecule has 6 nitrogen and oxygen atoms in total. The van der Waals surface area contributed by atoms with E-state index in [4.69, 9.17) is 9.47 Å². The maximum absolute atomic E-state index is 10.8. The summed E-state index contributed by atoms with van der Waals surface area (Å²) >= 11 is 0. The fourth-order valence-electron chi connectivity index (χ4n) is 4.35. The molecule has 6 heteroatoms.